The second-order valence-electron chi connectivity index (χ2n) is 7.34. The molecule has 2 aromatic carbocycles. The van der Waals surface area contributed by atoms with E-state index in [9.17, 15) is 14.0 Å². The van der Waals surface area contributed by atoms with Crippen molar-refractivity contribution in [2.75, 3.05) is 20.2 Å². The van der Waals surface area contributed by atoms with Crippen LogP contribution in [-0.2, 0) is 4.79 Å². The number of piperidine rings is 1. The molecule has 2 unspecified atom stereocenters. The molecule has 0 radical (unpaired) electrons. The lowest BCUT2D eigenvalue weighted by molar-refractivity contribution is -0.127. The summed E-state index contributed by atoms with van der Waals surface area (Å²) in [7, 11) is 1.62. The number of methoxy groups -OCH3 is 1. The fourth-order valence-electron chi connectivity index (χ4n) is 3.70. The van der Waals surface area contributed by atoms with Crippen molar-refractivity contribution >= 4 is 11.8 Å². The molecule has 5 nitrogen and oxygen atoms in total. The second kappa shape index (κ2) is 9.54. The summed E-state index contributed by atoms with van der Waals surface area (Å²) in [5.41, 5.74) is 1.47. The Morgan fingerprint density at radius 1 is 1.17 bits per heavy atom. The first kappa shape index (κ1) is 20.8. The summed E-state index contributed by atoms with van der Waals surface area (Å²) in [5.74, 6) is -0.0480. The molecule has 1 aliphatic heterocycles. The summed E-state index contributed by atoms with van der Waals surface area (Å²) in [5, 5.41) is 3.13. The minimum absolute atomic E-state index is 0.0377. The zero-order chi connectivity index (χ0) is 20.8. The Balaban J connectivity index is 1.63. The van der Waals surface area contributed by atoms with Crippen molar-refractivity contribution in [3.63, 3.8) is 0 Å². The van der Waals surface area contributed by atoms with E-state index in [1.807, 2.05) is 31.2 Å². The van der Waals surface area contributed by atoms with Crippen molar-refractivity contribution < 1.29 is 18.7 Å². The van der Waals surface area contributed by atoms with Crippen LogP contribution in [-0.4, -0.2) is 36.9 Å². The van der Waals surface area contributed by atoms with Gasteiger partial charge in [-0.3, -0.25) is 9.59 Å². The highest BCUT2D eigenvalue weighted by molar-refractivity contribution is 5.94. The molecule has 2 amide bonds. The summed E-state index contributed by atoms with van der Waals surface area (Å²) >= 11 is 0. The quantitative estimate of drug-likeness (QED) is 0.801. The van der Waals surface area contributed by atoms with Crippen LogP contribution in [0.1, 0.15) is 48.1 Å². The van der Waals surface area contributed by atoms with E-state index in [4.69, 9.17) is 4.74 Å². The van der Waals surface area contributed by atoms with Crippen LogP contribution in [0.3, 0.4) is 0 Å². The van der Waals surface area contributed by atoms with Crippen LogP contribution in [0.25, 0.3) is 0 Å². The smallest absolute Gasteiger partial charge is 0.253 e. The second-order valence-corrected chi connectivity index (χ2v) is 7.34. The SMILES string of the molecule is CCC(NC(=O)C1CCCN(C(=O)c2ccc(F)cc2)C1)c1ccc(OC)cc1. The van der Waals surface area contributed by atoms with E-state index < -0.39 is 0 Å². The lowest BCUT2D eigenvalue weighted by atomic mass is 9.95. The highest BCUT2D eigenvalue weighted by Gasteiger charge is 2.30. The van der Waals surface area contributed by atoms with Crippen LogP contribution in [0.2, 0.25) is 0 Å². The zero-order valence-electron chi connectivity index (χ0n) is 16.9. The standard InChI is InChI=1S/C23H27FN2O3/c1-3-21(16-8-12-20(29-2)13-9-16)25-22(27)18-5-4-14-26(15-18)23(28)17-6-10-19(24)11-7-17/h6-13,18,21H,3-5,14-15H2,1-2H3,(H,25,27). The Morgan fingerprint density at radius 2 is 1.86 bits per heavy atom. The number of benzene rings is 2. The predicted octanol–water partition coefficient (Wildman–Crippen LogP) is 3.95. The average Bonchev–Trinajstić information content (AvgIpc) is 2.77. The third-order valence-electron chi connectivity index (χ3n) is 5.41. The van der Waals surface area contributed by atoms with Gasteiger partial charge in [-0.15, -0.1) is 0 Å². The Morgan fingerprint density at radius 3 is 2.48 bits per heavy atom. The van der Waals surface area contributed by atoms with E-state index in [-0.39, 0.29) is 29.6 Å². The third kappa shape index (κ3) is 5.13. The maximum Gasteiger partial charge on any atom is 0.253 e. The number of nitrogens with one attached hydrogen (secondary N) is 1. The van der Waals surface area contributed by atoms with Crippen molar-refractivity contribution in [3.05, 3.63) is 65.5 Å². The average molecular weight is 398 g/mol. The Bertz CT molecular complexity index is 836. The summed E-state index contributed by atoms with van der Waals surface area (Å²) in [6, 6.07) is 13.1. The lowest BCUT2D eigenvalue weighted by Gasteiger charge is -2.33. The third-order valence-corrected chi connectivity index (χ3v) is 5.41. The summed E-state index contributed by atoms with van der Waals surface area (Å²) in [6.07, 6.45) is 2.28. The summed E-state index contributed by atoms with van der Waals surface area (Å²) in [4.78, 5) is 27.3. The van der Waals surface area contributed by atoms with Crippen molar-refractivity contribution in [2.45, 2.75) is 32.2 Å². The van der Waals surface area contributed by atoms with Crippen molar-refractivity contribution in [1.29, 1.82) is 0 Å². The maximum atomic E-state index is 13.1. The number of likely N-dealkylation sites (tertiary alicyclic amines) is 1. The molecule has 1 N–H and O–H groups in total. The molecule has 6 heteroatoms. The fraction of sp³-hybridized carbons (Fsp3) is 0.391. The van der Waals surface area contributed by atoms with Crippen LogP contribution >= 0.6 is 0 Å². The number of ether oxygens (including phenoxy) is 1. The number of hydrogen-bond acceptors (Lipinski definition) is 3. The van der Waals surface area contributed by atoms with Gasteiger partial charge in [-0.25, -0.2) is 4.39 Å². The Hall–Kier alpha value is -2.89. The van der Waals surface area contributed by atoms with Gasteiger partial charge < -0.3 is 15.0 Å². The molecule has 1 saturated heterocycles. The number of halogens is 1. The number of hydrogen-bond donors (Lipinski definition) is 1. The maximum absolute atomic E-state index is 13.1. The molecule has 3 rings (SSSR count). The van der Waals surface area contributed by atoms with Gasteiger partial charge in [-0.1, -0.05) is 19.1 Å². The molecule has 1 aliphatic rings. The summed E-state index contributed by atoms with van der Waals surface area (Å²) in [6.45, 7) is 3.01. The van der Waals surface area contributed by atoms with Gasteiger partial charge in [0, 0.05) is 18.7 Å². The first-order valence-corrected chi connectivity index (χ1v) is 10.0. The molecule has 1 heterocycles. The highest BCUT2D eigenvalue weighted by atomic mass is 19.1. The summed E-state index contributed by atoms with van der Waals surface area (Å²) < 4.78 is 18.3. The van der Waals surface area contributed by atoms with Crippen molar-refractivity contribution in [2.24, 2.45) is 5.92 Å². The van der Waals surface area contributed by atoms with Crippen LogP contribution in [0.5, 0.6) is 5.75 Å². The number of carbonyl (C=O) groups excluding carboxylic acids is 2. The molecule has 0 aromatic heterocycles. The molecule has 0 spiro atoms. The number of rotatable bonds is 6. The van der Waals surface area contributed by atoms with Crippen molar-refractivity contribution in [3.8, 4) is 5.75 Å². The number of nitrogens with zero attached hydrogens (tertiary/aromatic N) is 1. The molecule has 2 atom stereocenters. The van der Waals surface area contributed by atoms with Gasteiger partial charge in [0.2, 0.25) is 5.91 Å². The minimum Gasteiger partial charge on any atom is -0.497 e. The molecular weight excluding hydrogens is 371 g/mol. The van der Waals surface area contributed by atoms with E-state index >= 15 is 0 Å². The molecule has 0 aliphatic carbocycles. The molecule has 1 fully saturated rings. The highest BCUT2D eigenvalue weighted by Crippen LogP contribution is 2.23. The van der Waals surface area contributed by atoms with Gasteiger partial charge in [-0.2, -0.15) is 0 Å². The van der Waals surface area contributed by atoms with E-state index in [1.54, 1.807) is 12.0 Å². The fourth-order valence-corrected chi connectivity index (χ4v) is 3.70. The lowest BCUT2D eigenvalue weighted by Crippen LogP contribution is -2.46. The van der Waals surface area contributed by atoms with Crippen LogP contribution < -0.4 is 10.1 Å². The van der Waals surface area contributed by atoms with Gasteiger partial charge in [0.05, 0.1) is 19.1 Å². The largest absolute Gasteiger partial charge is 0.497 e. The van der Waals surface area contributed by atoms with Crippen LogP contribution in [0.15, 0.2) is 48.5 Å². The molecule has 0 saturated carbocycles. The Labute approximate surface area is 170 Å². The minimum atomic E-state index is -0.374. The van der Waals surface area contributed by atoms with Gasteiger partial charge in [0.1, 0.15) is 11.6 Å². The van der Waals surface area contributed by atoms with E-state index in [1.165, 1.54) is 24.3 Å². The van der Waals surface area contributed by atoms with Gasteiger partial charge in [0.15, 0.2) is 0 Å². The van der Waals surface area contributed by atoms with Gasteiger partial charge in [0.25, 0.3) is 5.91 Å². The predicted molar refractivity (Wildman–Crippen MR) is 109 cm³/mol. The van der Waals surface area contributed by atoms with Crippen molar-refractivity contribution in [1.82, 2.24) is 10.2 Å². The Kier molecular flexibility index (Phi) is 6.86. The van der Waals surface area contributed by atoms with Gasteiger partial charge >= 0.3 is 0 Å². The molecule has 2 aromatic rings. The topological polar surface area (TPSA) is 58.6 Å². The number of amides is 2. The van der Waals surface area contributed by atoms with Crippen LogP contribution in [0, 0.1) is 11.7 Å². The molecule has 0 bridgehead atoms. The number of carbonyl (C=O) groups is 2. The molecule has 154 valence electrons. The van der Waals surface area contributed by atoms with E-state index in [0.717, 1.165) is 30.6 Å². The van der Waals surface area contributed by atoms with E-state index in [0.29, 0.717) is 18.7 Å². The first-order chi connectivity index (χ1) is 14.0. The zero-order valence-corrected chi connectivity index (χ0v) is 16.9. The molecular formula is C23H27FN2O3. The first-order valence-electron chi connectivity index (χ1n) is 10.0. The van der Waals surface area contributed by atoms with Crippen LogP contribution in [0.4, 0.5) is 4.39 Å². The molecule has 29 heavy (non-hydrogen) atoms. The normalized spacial score (nSPS) is 17.5. The van der Waals surface area contributed by atoms with Gasteiger partial charge in [-0.05, 0) is 61.2 Å². The monoisotopic (exact) mass is 398 g/mol. The van der Waals surface area contributed by atoms with E-state index in [2.05, 4.69) is 5.32 Å².